The van der Waals surface area contributed by atoms with Crippen molar-refractivity contribution in [2.75, 3.05) is 0 Å². The van der Waals surface area contributed by atoms with E-state index in [1.54, 1.807) is 42.5 Å². The van der Waals surface area contributed by atoms with Gasteiger partial charge in [0.25, 0.3) is 0 Å². The summed E-state index contributed by atoms with van der Waals surface area (Å²) in [6.45, 7) is 0.148. The number of rotatable bonds is 4. The maximum Gasteiger partial charge on any atom is 0.150 e. The van der Waals surface area contributed by atoms with Crippen LogP contribution >= 0.6 is 0 Å². The number of aldehydes is 1. The first-order chi connectivity index (χ1) is 8.29. The molecule has 2 nitrogen and oxygen atoms in total. The molecule has 0 atom stereocenters. The van der Waals surface area contributed by atoms with E-state index in [9.17, 15) is 9.18 Å². The van der Waals surface area contributed by atoms with Crippen LogP contribution in [0.15, 0.2) is 48.5 Å². The fraction of sp³-hybridized carbons (Fsp3) is 0.0714. The van der Waals surface area contributed by atoms with Gasteiger partial charge in [-0.1, -0.05) is 30.3 Å². The predicted octanol–water partition coefficient (Wildman–Crippen LogP) is 3.22. The van der Waals surface area contributed by atoms with Crippen molar-refractivity contribution in [1.29, 1.82) is 0 Å². The van der Waals surface area contributed by atoms with Gasteiger partial charge in [-0.15, -0.1) is 0 Å². The summed E-state index contributed by atoms with van der Waals surface area (Å²) in [7, 11) is 0. The molecule has 0 fully saturated rings. The van der Waals surface area contributed by atoms with Crippen molar-refractivity contribution in [1.82, 2.24) is 0 Å². The van der Waals surface area contributed by atoms with Gasteiger partial charge in [-0.3, -0.25) is 4.79 Å². The lowest BCUT2D eigenvalue weighted by Crippen LogP contribution is -1.98. The van der Waals surface area contributed by atoms with E-state index in [0.29, 0.717) is 16.9 Å². The van der Waals surface area contributed by atoms with Crippen LogP contribution in [0.3, 0.4) is 0 Å². The normalized spacial score (nSPS) is 9.94. The molecule has 17 heavy (non-hydrogen) atoms. The second-order valence-electron chi connectivity index (χ2n) is 3.57. The maximum atomic E-state index is 13.3. The fourth-order valence-corrected chi connectivity index (χ4v) is 1.45. The summed E-state index contributed by atoms with van der Waals surface area (Å²) in [4.78, 5) is 10.6. The summed E-state index contributed by atoms with van der Waals surface area (Å²) >= 11 is 0. The van der Waals surface area contributed by atoms with Crippen LogP contribution < -0.4 is 4.74 Å². The molecule has 86 valence electrons. The van der Waals surface area contributed by atoms with Crippen molar-refractivity contribution in [2.24, 2.45) is 0 Å². The third kappa shape index (κ3) is 2.91. The highest BCUT2D eigenvalue weighted by Crippen LogP contribution is 2.15. The molecule has 0 aliphatic rings. The minimum absolute atomic E-state index is 0.148. The van der Waals surface area contributed by atoms with Gasteiger partial charge in [0.05, 0.1) is 0 Å². The first-order valence-electron chi connectivity index (χ1n) is 5.21. The molecule has 0 N–H and O–H groups in total. The SMILES string of the molecule is O=Cc1cccc(OCc2ccccc2F)c1. The lowest BCUT2D eigenvalue weighted by Gasteiger charge is -2.07. The molecule has 3 heteroatoms. The van der Waals surface area contributed by atoms with Crippen LogP contribution in [-0.4, -0.2) is 6.29 Å². The second kappa shape index (κ2) is 5.25. The standard InChI is InChI=1S/C14H11FO2/c15-14-7-2-1-5-12(14)10-17-13-6-3-4-11(8-13)9-16/h1-9H,10H2. The number of ether oxygens (including phenoxy) is 1. The van der Waals surface area contributed by atoms with Crippen molar-refractivity contribution >= 4 is 6.29 Å². The third-order valence-corrected chi connectivity index (χ3v) is 2.35. The monoisotopic (exact) mass is 230 g/mol. The molecule has 0 aliphatic heterocycles. The van der Waals surface area contributed by atoms with Crippen molar-refractivity contribution in [3.8, 4) is 5.75 Å². The molecular formula is C14H11FO2. The first-order valence-corrected chi connectivity index (χ1v) is 5.21. The highest BCUT2D eigenvalue weighted by Gasteiger charge is 2.02. The smallest absolute Gasteiger partial charge is 0.150 e. The van der Waals surface area contributed by atoms with Gasteiger partial charge < -0.3 is 4.74 Å². The second-order valence-corrected chi connectivity index (χ2v) is 3.57. The van der Waals surface area contributed by atoms with E-state index in [1.165, 1.54) is 6.07 Å². The van der Waals surface area contributed by atoms with Crippen LogP contribution in [0, 0.1) is 5.82 Å². The van der Waals surface area contributed by atoms with Gasteiger partial charge in [0.2, 0.25) is 0 Å². The Hall–Kier alpha value is -2.16. The van der Waals surface area contributed by atoms with Gasteiger partial charge in [0.1, 0.15) is 24.5 Å². The van der Waals surface area contributed by atoms with Crippen LogP contribution in [0.5, 0.6) is 5.75 Å². The minimum Gasteiger partial charge on any atom is -0.489 e. The lowest BCUT2D eigenvalue weighted by molar-refractivity contribution is 0.112. The number of carbonyl (C=O) groups is 1. The Bertz CT molecular complexity index is 523. The molecule has 0 saturated heterocycles. The molecule has 0 aromatic heterocycles. The summed E-state index contributed by atoms with van der Waals surface area (Å²) in [5, 5.41) is 0. The molecule has 0 unspecified atom stereocenters. The summed E-state index contributed by atoms with van der Waals surface area (Å²) in [6.07, 6.45) is 0.746. The van der Waals surface area contributed by atoms with Crippen LogP contribution in [-0.2, 0) is 6.61 Å². The minimum atomic E-state index is -0.293. The summed E-state index contributed by atoms with van der Waals surface area (Å²) in [5.41, 5.74) is 1.03. The van der Waals surface area contributed by atoms with E-state index in [1.807, 2.05) is 0 Å². The van der Waals surface area contributed by atoms with E-state index >= 15 is 0 Å². The largest absolute Gasteiger partial charge is 0.489 e. The molecule has 0 heterocycles. The Labute approximate surface area is 98.7 Å². The topological polar surface area (TPSA) is 26.3 Å². The predicted molar refractivity (Wildman–Crippen MR) is 62.6 cm³/mol. The molecule has 0 amide bonds. The molecule has 0 radical (unpaired) electrons. The van der Waals surface area contributed by atoms with Crippen molar-refractivity contribution < 1.29 is 13.9 Å². The average molecular weight is 230 g/mol. The number of halogens is 1. The molecule has 0 bridgehead atoms. The fourth-order valence-electron chi connectivity index (χ4n) is 1.45. The zero-order chi connectivity index (χ0) is 12.1. The van der Waals surface area contributed by atoms with Gasteiger partial charge in [-0.05, 0) is 18.2 Å². The Kier molecular flexibility index (Phi) is 3.50. The molecule has 0 aliphatic carbocycles. The highest BCUT2D eigenvalue weighted by atomic mass is 19.1. The van der Waals surface area contributed by atoms with Crippen molar-refractivity contribution in [2.45, 2.75) is 6.61 Å². The molecule has 2 rings (SSSR count). The van der Waals surface area contributed by atoms with Crippen LogP contribution in [0.1, 0.15) is 15.9 Å². The van der Waals surface area contributed by atoms with Crippen LogP contribution in [0.4, 0.5) is 4.39 Å². The highest BCUT2D eigenvalue weighted by molar-refractivity contribution is 5.75. The van der Waals surface area contributed by atoms with E-state index in [4.69, 9.17) is 4.74 Å². The molecular weight excluding hydrogens is 219 g/mol. The average Bonchev–Trinajstić information content (AvgIpc) is 2.38. The van der Waals surface area contributed by atoms with E-state index in [2.05, 4.69) is 0 Å². The van der Waals surface area contributed by atoms with Crippen LogP contribution in [0.25, 0.3) is 0 Å². The Balaban J connectivity index is 2.07. The quantitative estimate of drug-likeness (QED) is 0.754. The Morgan fingerprint density at radius 1 is 1.12 bits per heavy atom. The van der Waals surface area contributed by atoms with Gasteiger partial charge >= 0.3 is 0 Å². The summed E-state index contributed by atoms with van der Waals surface area (Å²) in [6, 6.07) is 13.2. The molecule has 0 spiro atoms. The number of hydrogen-bond acceptors (Lipinski definition) is 2. The molecule has 2 aromatic rings. The van der Waals surface area contributed by atoms with Crippen molar-refractivity contribution in [3.63, 3.8) is 0 Å². The van der Waals surface area contributed by atoms with E-state index in [0.717, 1.165) is 6.29 Å². The molecule has 2 aromatic carbocycles. The van der Waals surface area contributed by atoms with E-state index in [-0.39, 0.29) is 12.4 Å². The number of hydrogen-bond donors (Lipinski definition) is 0. The Morgan fingerprint density at radius 3 is 2.71 bits per heavy atom. The van der Waals surface area contributed by atoms with Crippen molar-refractivity contribution in [3.05, 3.63) is 65.5 Å². The van der Waals surface area contributed by atoms with Gasteiger partial charge in [0, 0.05) is 11.1 Å². The summed E-state index contributed by atoms with van der Waals surface area (Å²) in [5.74, 6) is 0.261. The first kappa shape index (κ1) is 11.3. The van der Waals surface area contributed by atoms with Gasteiger partial charge in [-0.25, -0.2) is 4.39 Å². The Morgan fingerprint density at radius 2 is 1.94 bits per heavy atom. The van der Waals surface area contributed by atoms with Gasteiger partial charge in [-0.2, -0.15) is 0 Å². The summed E-state index contributed by atoms with van der Waals surface area (Å²) < 4.78 is 18.7. The lowest BCUT2D eigenvalue weighted by atomic mass is 10.2. The molecule has 0 saturated carbocycles. The zero-order valence-corrected chi connectivity index (χ0v) is 9.10. The van der Waals surface area contributed by atoms with Gasteiger partial charge in [0.15, 0.2) is 0 Å². The number of carbonyl (C=O) groups excluding carboxylic acids is 1. The maximum absolute atomic E-state index is 13.3. The third-order valence-electron chi connectivity index (χ3n) is 2.35. The number of benzene rings is 2. The van der Waals surface area contributed by atoms with Crippen LogP contribution in [0.2, 0.25) is 0 Å². The zero-order valence-electron chi connectivity index (χ0n) is 9.10. The van der Waals surface area contributed by atoms with E-state index < -0.39 is 0 Å².